The Balaban J connectivity index is 0. The average molecular weight is 450 g/mol. The first-order chi connectivity index (χ1) is 0. The molecule has 5 heteroatoms. The first-order valence-electron chi connectivity index (χ1n) is 0. The van der Waals surface area contributed by atoms with Gasteiger partial charge in [0.15, 0.2) is 0 Å². The normalized spacial score (nSPS) is 0. The quantitative estimate of drug-likeness (QED) is 0.351. The van der Waals surface area contributed by atoms with E-state index in [2.05, 4.69) is 0 Å². The molecule has 0 atom stereocenters. The molecule has 0 rings (SSSR count). The number of hydrogen-bond acceptors (Lipinski definition) is 0. The van der Waals surface area contributed by atoms with E-state index in [0.717, 1.165) is 0 Å². The molecule has 0 radical (unpaired) electrons. The van der Waals surface area contributed by atoms with Crippen molar-refractivity contribution >= 4 is 0 Å². The van der Waals surface area contributed by atoms with E-state index in [9.17, 15) is 0 Å². The Morgan fingerprint density at radius 1 is 0.600 bits per heavy atom. The molecule has 1 nitrogen and oxygen atoms in total. The van der Waals surface area contributed by atoms with Gasteiger partial charge in [-0.05, 0) is 0 Å². The molecule has 0 aromatic heterocycles. The molecule has 0 heterocycles. The molecule has 0 spiro atoms. The Kier molecular flexibility index (Phi) is 135. The molecule has 0 aromatic carbocycles. The van der Waals surface area contributed by atoms with Gasteiger partial charge in [0, 0.05) is 0 Å². The molecule has 16 valence electrons. The van der Waals surface area contributed by atoms with Crippen LogP contribution in [0.5, 0.6) is 0 Å². The summed E-state index contributed by atoms with van der Waals surface area (Å²) in [5.41, 5.74) is 0. The maximum Gasteiger partial charge on any atom is 1.00 e. The second-order valence-corrected chi connectivity index (χ2v) is 0. The van der Waals surface area contributed by atoms with E-state index in [1.807, 2.05) is 0 Å². The van der Waals surface area contributed by atoms with E-state index in [-0.39, 0.29) is 225 Å². The summed E-state index contributed by atoms with van der Waals surface area (Å²) in [6.07, 6.45) is 0. The first-order valence-corrected chi connectivity index (χ1v) is 0. The van der Waals surface area contributed by atoms with E-state index < -0.39 is 0 Å². The molecule has 0 saturated carbocycles. The van der Waals surface area contributed by atoms with Gasteiger partial charge in [0.25, 0.3) is 0 Å². The van der Waals surface area contributed by atoms with Gasteiger partial charge in [-0.2, -0.15) is 0 Å². The topological polar surface area (TPSA) is 28.5 Å². The molecule has 0 bridgehead atoms. The minimum Gasteiger partial charge on any atom is -2.00 e. The molecule has 0 amide bonds. The maximum atomic E-state index is 0. The summed E-state index contributed by atoms with van der Waals surface area (Å²) < 4.78 is 0. The molecule has 0 aliphatic heterocycles. The number of rotatable bonds is 0. The van der Waals surface area contributed by atoms with Gasteiger partial charge in [-0.1, -0.05) is 0 Å². The van der Waals surface area contributed by atoms with Crippen LogP contribution in [0.25, 0.3) is 0 Å². The summed E-state index contributed by atoms with van der Waals surface area (Å²) in [7, 11) is 0. The minimum absolute atomic E-state index is 0. The largest absolute Gasteiger partial charge is 2.00 e. The zero-order valence-corrected chi connectivity index (χ0v) is 23.4. The first kappa shape index (κ1) is 30.1. The van der Waals surface area contributed by atoms with Crippen molar-refractivity contribution in [1.82, 2.24) is 0 Å². The van der Waals surface area contributed by atoms with Crippen molar-refractivity contribution in [3.63, 3.8) is 0 Å². The van der Waals surface area contributed by atoms with Gasteiger partial charge in [0.05, 0.1) is 0 Å². The van der Waals surface area contributed by atoms with Gasteiger partial charge in [-0.15, -0.1) is 0 Å². The second kappa shape index (κ2) is 22.4. The predicted octanol–water partition coefficient (Wildman–Crippen LogP) is -12.1. The summed E-state index contributed by atoms with van der Waals surface area (Å²) >= 11 is 0. The number of halogens is 1. The van der Waals surface area contributed by atoms with Crippen LogP contribution in [0.2, 0.25) is 0 Å². The summed E-state index contributed by atoms with van der Waals surface area (Å²) in [4.78, 5) is 0. The zero-order chi connectivity index (χ0) is 0. The third kappa shape index (κ3) is 17.9. The molecular formula is ClCs3O. The third-order valence-electron chi connectivity index (χ3n) is 0. The van der Waals surface area contributed by atoms with Gasteiger partial charge in [-0.3, -0.25) is 0 Å². The molecule has 0 fully saturated rings. The van der Waals surface area contributed by atoms with Crippen LogP contribution < -0.4 is 219 Å². The molecule has 5 heavy (non-hydrogen) atoms. The van der Waals surface area contributed by atoms with Crippen LogP contribution in [0.15, 0.2) is 0 Å². The summed E-state index contributed by atoms with van der Waals surface area (Å²) in [5.74, 6) is 0. The monoisotopic (exact) mass is 450 g/mol. The van der Waals surface area contributed by atoms with Crippen molar-refractivity contribution in [2.24, 2.45) is 0 Å². The molecular weight excluding hydrogens is 450 g/mol. The SMILES string of the molecule is [Cl-].[Cs+].[Cs+].[Cs+].[O-2]. The van der Waals surface area contributed by atoms with Crippen molar-refractivity contribution in [3.05, 3.63) is 0 Å². The average Bonchev–Trinajstić information content (AvgIpc) is 0. The fourth-order valence-electron chi connectivity index (χ4n) is 0. The van der Waals surface area contributed by atoms with Crippen molar-refractivity contribution in [2.75, 3.05) is 0 Å². The predicted molar refractivity (Wildman–Crippen MR) is 0.686 cm³/mol. The Morgan fingerprint density at radius 2 is 0.600 bits per heavy atom. The standard InChI is InChI=1S/ClH.3Cs.O/h1H;;;;/q;3*+1;-2/p-1. The van der Waals surface area contributed by atoms with Crippen LogP contribution in [-0.2, 0) is 5.48 Å². The minimum atomic E-state index is 0. The molecule has 0 aliphatic rings. The molecule has 0 aliphatic carbocycles. The smallest absolute Gasteiger partial charge is 1.00 e. The van der Waals surface area contributed by atoms with Gasteiger partial charge in [0.1, 0.15) is 0 Å². The Morgan fingerprint density at radius 3 is 0.600 bits per heavy atom. The van der Waals surface area contributed by atoms with Crippen LogP contribution in [-0.4, -0.2) is 0 Å². The Bertz CT molecular complexity index is 6.85. The van der Waals surface area contributed by atoms with Crippen LogP contribution in [0.1, 0.15) is 0 Å². The van der Waals surface area contributed by atoms with Crippen LogP contribution in [0, 0.1) is 0 Å². The maximum absolute atomic E-state index is 0. The van der Waals surface area contributed by atoms with Crippen molar-refractivity contribution in [2.45, 2.75) is 0 Å². The van der Waals surface area contributed by atoms with Crippen LogP contribution >= 0.6 is 0 Å². The van der Waals surface area contributed by atoms with Crippen molar-refractivity contribution in [3.8, 4) is 0 Å². The van der Waals surface area contributed by atoms with Gasteiger partial charge in [-0.25, -0.2) is 0 Å². The van der Waals surface area contributed by atoms with Crippen molar-refractivity contribution in [1.29, 1.82) is 0 Å². The fourth-order valence-corrected chi connectivity index (χ4v) is 0. The van der Waals surface area contributed by atoms with E-state index in [1.54, 1.807) is 0 Å². The second-order valence-electron chi connectivity index (χ2n) is 0. The summed E-state index contributed by atoms with van der Waals surface area (Å²) in [5, 5.41) is 0. The van der Waals surface area contributed by atoms with E-state index in [0.29, 0.717) is 0 Å². The van der Waals surface area contributed by atoms with E-state index >= 15 is 0 Å². The molecule has 0 N–H and O–H groups in total. The van der Waals surface area contributed by atoms with Crippen molar-refractivity contribution < 1.29 is 225 Å². The van der Waals surface area contributed by atoms with Gasteiger partial charge < -0.3 is 17.9 Å². The Hall–Kier alpha value is 6.41. The van der Waals surface area contributed by atoms with E-state index in [1.165, 1.54) is 0 Å². The van der Waals surface area contributed by atoms with Crippen LogP contribution in [0.4, 0.5) is 0 Å². The van der Waals surface area contributed by atoms with Gasteiger partial charge in [0.2, 0.25) is 0 Å². The third-order valence-corrected chi connectivity index (χ3v) is 0. The Labute approximate surface area is 215 Å². The summed E-state index contributed by atoms with van der Waals surface area (Å²) in [6, 6.07) is 0. The molecule has 0 aromatic rings. The molecule has 0 unspecified atom stereocenters. The van der Waals surface area contributed by atoms with Gasteiger partial charge >= 0.3 is 207 Å². The summed E-state index contributed by atoms with van der Waals surface area (Å²) in [6.45, 7) is 0. The zero-order valence-electron chi connectivity index (χ0n) is 3.79. The molecule has 0 saturated heterocycles. The number of hydrogen-bond donors (Lipinski definition) is 0. The fraction of sp³-hybridized carbons (Fsp3) is 0. The van der Waals surface area contributed by atoms with Crippen LogP contribution in [0.3, 0.4) is 0 Å². The van der Waals surface area contributed by atoms with E-state index in [4.69, 9.17) is 0 Å².